The van der Waals surface area contributed by atoms with Crippen LogP contribution in [0.25, 0.3) is 21.9 Å². The van der Waals surface area contributed by atoms with E-state index in [2.05, 4.69) is 0 Å². The Hall–Kier alpha value is -1.78. The fraction of sp³-hybridized carbons (Fsp3) is 0.231. The second kappa shape index (κ2) is 3.91. The Kier molecular flexibility index (Phi) is 2.39. The molecule has 17 heavy (non-hydrogen) atoms. The second-order valence-corrected chi connectivity index (χ2v) is 4.09. The van der Waals surface area contributed by atoms with Gasteiger partial charge in [0.2, 0.25) is 0 Å². The molecule has 1 unspecified atom stereocenters. The number of aliphatic hydroxyl groups is 1. The van der Waals surface area contributed by atoms with Gasteiger partial charge in [0.15, 0.2) is 11.2 Å². The molecule has 1 aromatic carbocycles. The van der Waals surface area contributed by atoms with Gasteiger partial charge >= 0.3 is 0 Å². The van der Waals surface area contributed by atoms with E-state index < -0.39 is 0 Å². The maximum Gasteiger partial charge on any atom is 0.177 e. The van der Waals surface area contributed by atoms with Gasteiger partial charge in [-0.15, -0.1) is 0 Å². The van der Waals surface area contributed by atoms with E-state index in [1.165, 1.54) is 0 Å². The van der Waals surface area contributed by atoms with E-state index in [0.717, 1.165) is 27.5 Å². The van der Waals surface area contributed by atoms with Gasteiger partial charge in [-0.2, -0.15) is 0 Å². The molecule has 88 valence electrons. The van der Waals surface area contributed by atoms with E-state index in [-0.39, 0.29) is 12.6 Å². The van der Waals surface area contributed by atoms with Crippen LogP contribution in [-0.4, -0.2) is 11.7 Å². The van der Waals surface area contributed by atoms with Crippen molar-refractivity contribution in [2.24, 2.45) is 5.73 Å². The summed E-state index contributed by atoms with van der Waals surface area (Å²) < 4.78 is 10.8. The van der Waals surface area contributed by atoms with E-state index in [1.807, 2.05) is 18.2 Å². The highest BCUT2D eigenvalue weighted by Crippen LogP contribution is 2.33. The third-order valence-electron chi connectivity index (χ3n) is 3.03. The maximum absolute atomic E-state index is 8.97. The van der Waals surface area contributed by atoms with Crippen molar-refractivity contribution in [3.63, 3.8) is 0 Å². The Labute approximate surface area is 97.6 Å². The van der Waals surface area contributed by atoms with Crippen LogP contribution in [0.3, 0.4) is 0 Å². The van der Waals surface area contributed by atoms with Crippen LogP contribution >= 0.6 is 0 Å². The average molecular weight is 231 g/mol. The van der Waals surface area contributed by atoms with Gasteiger partial charge in [-0.3, -0.25) is 0 Å². The molecule has 2 heterocycles. The van der Waals surface area contributed by atoms with E-state index >= 15 is 0 Å². The molecule has 0 amide bonds. The van der Waals surface area contributed by atoms with Crippen LogP contribution in [0, 0.1) is 0 Å². The first-order valence-corrected chi connectivity index (χ1v) is 5.55. The average Bonchev–Trinajstić information content (AvgIpc) is 2.95. The van der Waals surface area contributed by atoms with Gasteiger partial charge in [0.25, 0.3) is 0 Å². The molecule has 3 rings (SSSR count). The van der Waals surface area contributed by atoms with Crippen LogP contribution in [0.5, 0.6) is 0 Å². The second-order valence-electron chi connectivity index (χ2n) is 4.09. The summed E-state index contributed by atoms with van der Waals surface area (Å²) >= 11 is 0. The summed E-state index contributed by atoms with van der Waals surface area (Å²) in [4.78, 5) is 0. The number of benzene rings is 1. The summed E-state index contributed by atoms with van der Waals surface area (Å²) in [5, 5.41) is 10.9. The predicted molar refractivity (Wildman–Crippen MR) is 64.6 cm³/mol. The van der Waals surface area contributed by atoms with E-state index in [9.17, 15) is 0 Å². The largest absolute Gasteiger partial charge is 0.460 e. The first-order chi connectivity index (χ1) is 8.31. The van der Waals surface area contributed by atoms with Crippen molar-refractivity contribution in [3.05, 3.63) is 36.3 Å². The minimum atomic E-state index is -0.195. The van der Waals surface area contributed by atoms with Crippen LogP contribution in [0.2, 0.25) is 0 Å². The zero-order valence-electron chi connectivity index (χ0n) is 9.22. The van der Waals surface area contributed by atoms with Crippen molar-refractivity contribution in [2.75, 3.05) is 6.61 Å². The van der Waals surface area contributed by atoms with Gasteiger partial charge in [0.1, 0.15) is 0 Å². The zero-order valence-corrected chi connectivity index (χ0v) is 9.22. The molecule has 0 aliphatic heterocycles. The van der Waals surface area contributed by atoms with Gasteiger partial charge in [-0.1, -0.05) is 0 Å². The van der Waals surface area contributed by atoms with Crippen LogP contribution in [0.15, 0.2) is 39.6 Å². The lowest BCUT2D eigenvalue weighted by molar-refractivity contribution is 0.277. The third kappa shape index (κ3) is 1.53. The summed E-state index contributed by atoms with van der Waals surface area (Å²) in [6.45, 7) is 0.0733. The Morgan fingerprint density at radius 1 is 1.18 bits per heavy atom. The molecule has 0 aliphatic carbocycles. The first kappa shape index (κ1) is 10.4. The van der Waals surface area contributed by atoms with E-state index in [4.69, 9.17) is 19.7 Å². The molecular formula is C13H13NO3. The van der Waals surface area contributed by atoms with Crippen molar-refractivity contribution < 1.29 is 13.9 Å². The van der Waals surface area contributed by atoms with Crippen LogP contribution in [-0.2, 0) is 0 Å². The van der Waals surface area contributed by atoms with Crippen molar-refractivity contribution in [1.82, 2.24) is 0 Å². The molecule has 0 fully saturated rings. The van der Waals surface area contributed by atoms with Crippen LogP contribution in [0.1, 0.15) is 18.0 Å². The smallest absolute Gasteiger partial charge is 0.177 e. The molecule has 4 heteroatoms. The molecule has 3 N–H and O–H groups in total. The molecular weight excluding hydrogens is 218 g/mol. The van der Waals surface area contributed by atoms with Gasteiger partial charge in [-0.05, 0) is 30.2 Å². The zero-order chi connectivity index (χ0) is 11.8. The fourth-order valence-corrected chi connectivity index (χ4v) is 2.18. The number of hydrogen-bond donors (Lipinski definition) is 2. The van der Waals surface area contributed by atoms with E-state index in [0.29, 0.717) is 6.42 Å². The Bertz CT molecular complexity index is 653. The van der Waals surface area contributed by atoms with Gasteiger partial charge in [0, 0.05) is 23.4 Å². The Balaban J connectivity index is 2.29. The number of furan rings is 2. The number of hydrogen-bond acceptors (Lipinski definition) is 4. The number of nitrogens with two attached hydrogens (primary N) is 1. The summed E-state index contributed by atoms with van der Waals surface area (Å²) in [7, 11) is 0. The molecule has 0 radical (unpaired) electrons. The quantitative estimate of drug-likeness (QED) is 0.726. The SMILES string of the molecule is NC(CCO)c1cc2ccoc2c2occc12. The van der Waals surface area contributed by atoms with Crippen molar-refractivity contribution in [3.8, 4) is 0 Å². The topological polar surface area (TPSA) is 72.5 Å². The minimum Gasteiger partial charge on any atom is -0.460 e. The van der Waals surface area contributed by atoms with Crippen LogP contribution < -0.4 is 5.73 Å². The maximum atomic E-state index is 8.97. The Morgan fingerprint density at radius 3 is 2.76 bits per heavy atom. The lowest BCUT2D eigenvalue weighted by Gasteiger charge is -2.11. The highest BCUT2D eigenvalue weighted by atomic mass is 16.4. The summed E-state index contributed by atoms with van der Waals surface area (Å²) in [5.74, 6) is 0. The molecule has 0 saturated heterocycles. The lowest BCUT2D eigenvalue weighted by atomic mass is 9.99. The number of aliphatic hydroxyl groups excluding tert-OH is 1. The monoisotopic (exact) mass is 231 g/mol. The first-order valence-electron chi connectivity index (χ1n) is 5.55. The molecule has 4 nitrogen and oxygen atoms in total. The van der Waals surface area contributed by atoms with Gasteiger partial charge < -0.3 is 19.7 Å². The van der Waals surface area contributed by atoms with Crippen molar-refractivity contribution in [1.29, 1.82) is 0 Å². The summed E-state index contributed by atoms with van der Waals surface area (Å²) in [6, 6.07) is 5.56. The van der Waals surface area contributed by atoms with Gasteiger partial charge in [-0.25, -0.2) is 0 Å². The molecule has 3 aromatic rings. The molecule has 0 bridgehead atoms. The molecule has 1 atom stereocenters. The summed E-state index contributed by atoms with van der Waals surface area (Å²) in [6.07, 6.45) is 3.79. The predicted octanol–water partition coefficient (Wildman–Crippen LogP) is 2.56. The highest BCUT2D eigenvalue weighted by molar-refractivity contribution is 6.02. The number of fused-ring (bicyclic) bond motifs is 3. The lowest BCUT2D eigenvalue weighted by Crippen LogP contribution is -2.12. The summed E-state index contributed by atoms with van der Waals surface area (Å²) in [5.41, 5.74) is 8.50. The molecule has 0 saturated carbocycles. The molecule has 0 spiro atoms. The molecule has 2 aromatic heterocycles. The van der Waals surface area contributed by atoms with Gasteiger partial charge in [0.05, 0.1) is 12.5 Å². The van der Waals surface area contributed by atoms with Crippen molar-refractivity contribution in [2.45, 2.75) is 12.5 Å². The van der Waals surface area contributed by atoms with Crippen molar-refractivity contribution >= 4 is 21.9 Å². The Morgan fingerprint density at radius 2 is 1.94 bits per heavy atom. The highest BCUT2D eigenvalue weighted by Gasteiger charge is 2.15. The normalized spacial score (nSPS) is 13.5. The van der Waals surface area contributed by atoms with Crippen LogP contribution in [0.4, 0.5) is 0 Å². The minimum absolute atomic E-state index is 0.0733. The standard InChI is InChI=1S/C13H13NO3/c14-11(1-4-15)10-7-8-2-5-16-12(8)13-9(10)3-6-17-13/h2-3,5-7,11,15H,1,4,14H2. The molecule has 0 aliphatic rings. The number of rotatable bonds is 3. The fourth-order valence-electron chi connectivity index (χ4n) is 2.18. The third-order valence-corrected chi connectivity index (χ3v) is 3.03. The van der Waals surface area contributed by atoms with E-state index in [1.54, 1.807) is 12.5 Å².